The molecule has 1 unspecified atom stereocenters. The van der Waals surface area contributed by atoms with Crippen molar-refractivity contribution in [2.45, 2.75) is 6.42 Å². The fraction of sp³-hybridized carbons (Fsp3) is 0.500. The first-order valence-electron chi connectivity index (χ1n) is 3.63. The Labute approximate surface area is 70.2 Å². The Kier molecular flexibility index (Phi) is 2.34. The van der Waals surface area contributed by atoms with Crippen molar-refractivity contribution in [1.29, 1.82) is 0 Å². The lowest BCUT2D eigenvalue weighted by Gasteiger charge is -2.10. The number of likely N-dealkylation sites (tertiary alicyclic amines) is 1. The lowest BCUT2D eigenvalue weighted by atomic mass is 10.1. The van der Waals surface area contributed by atoms with Crippen molar-refractivity contribution in [3.05, 3.63) is 0 Å². The third kappa shape index (κ3) is 1.56. The molecule has 0 aliphatic carbocycles. The molecule has 0 spiro atoms. The van der Waals surface area contributed by atoms with Crippen LogP contribution < -0.4 is 0 Å². The molecule has 4 heteroatoms. The molecule has 1 amide bonds. The molecule has 1 rings (SSSR count). The topological polar surface area (TPSA) is 57.6 Å². The van der Waals surface area contributed by atoms with Crippen LogP contribution in [0.5, 0.6) is 0 Å². The lowest BCUT2D eigenvalue weighted by molar-refractivity contribution is -0.141. The summed E-state index contributed by atoms with van der Waals surface area (Å²) in [6.07, 6.45) is 5.39. The number of carboxylic acid groups (broad SMARTS) is 1. The van der Waals surface area contributed by atoms with E-state index in [-0.39, 0.29) is 6.54 Å². The van der Waals surface area contributed by atoms with Crippen LogP contribution in [0.4, 0.5) is 0 Å². The van der Waals surface area contributed by atoms with Crippen LogP contribution >= 0.6 is 0 Å². The Morgan fingerprint density at radius 1 is 1.58 bits per heavy atom. The minimum atomic E-state index is -0.859. The van der Waals surface area contributed by atoms with E-state index in [0.29, 0.717) is 13.0 Å². The number of rotatable bonds is 1. The fourth-order valence-electron chi connectivity index (χ4n) is 1.24. The number of carbonyl (C=O) groups is 2. The zero-order chi connectivity index (χ0) is 9.14. The van der Waals surface area contributed by atoms with E-state index in [1.165, 1.54) is 4.90 Å². The first kappa shape index (κ1) is 8.60. The van der Waals surface area contributed by atoms with Crippen molar-refractivity contribution in [3.63, 3.8) is 0 Å². The maximum Gasteiger partial charge on any atom is 0.308 e. The highest BCUT2D eigenvalue weighted by Gasteiger charge is 2.29. The van der Waals surface area contributed by atoms with Gasteiger partial charge in [0.2, 0.25) is 0 Å². The van der Waals surface area contributed by atoms with Crippen LogP contribution in [-0.2, 0) is 9.59 Å². The van der Waals surface area contributed by atoms with Crippen molar-refractivity contribution in [2.75, 3.05) is 13.1 Å². The van der Waals surface area contributed by atoms with Crippen molar-refractivity contribution < 1.29 is 14.7 Å². The molecule has 1 fully saturated rings. The van der Waals surface area contributed by atoms with E-state index in [4.69, 9.17) is 11.5 Å². The average molecular weight is 167 g/mol. The number of carbonyl (C=O) groups excluding carboxylic acids is 1. The van der Waals surface area contributed by atoms with Crippen molar-refractivity contribution >= 4 is 11.9 Å². The number of hydrogen-bond acceptors (Lipinski definition) is 2. The van der Waals surface area contributed by atoms with Crippen molar-refractivity contribution in [3.8, 4) is 12.3 Å². The summed E-state index contributed by atoms with van der Waals surface area (Å²) in [5, 5.41) is 8.60. The van der Waals surface area contributed by atoms with E-state index < -0.39 is 17.8 Å². The second kappa shape index (κ2) is 3.26. The summed E-state index contributed by atoms with van der Waals surface area (Å²) in [6.45, 7) is 0.707. The van der Waals surface area contributed by atoms with Gasteiger partial charge < -0.3 is 10.0 Å². The van der Waals surface area contributed by atoms with Crippen LogP contribution in [0.2, 0.25) is 0 Å². The smallest absolute Gasteiger partial charge is 0.308 e. The Hall–Kier alpha value is -1.50. The first-order chi connectivity index (χ1) is 5.65. The third-order valence-electron chi connectivity index (χ3n) is 1.95. The summed E-state index contributed by atoms with van der Waals surface area (Å²) in [5.41, 5.74) is 0. The number of terminal acetylenes is 1. The molecule has 0 aromatic heterocycles. The zero-order valence-corrected chi connectivity index (χ0v) is 6.49. The van der Waals surface area contributed by atoms with Gasteiger partial charge in [0, 0.05) is 13.1 Å². The molecule has 1 N–H and O–H groups in total. The number of aliphatic carboxylic acids is 1. The van der Waals surface area contributed by atoms with E-state index in [0.717, 1.165) is 0 Å². The highest BCUT2D eigenvalue weighted by Crippen LogP contribution is 2.15. The molecule has 1 atom stereocenters. The van der Waals surface area contributed by atoms with Gasteiger partial charge in [0.25, 0.3) is 5.91 Å². The Morgan fingerprint density at radius 3 is 2.67 bits per heavy atom. The van der Waals surface area contributed by atoms with Gasteiger partial charge in [0.1, 0.15) is 0 Å². The first-order valence-corrected chi connectivity index (χ1v) is 3.63. The molecule has 1 aliphatic rings. The van der Waals surface area contributed by atoms with E-state index in [1.54, 1.807) is 0 Å². The van der Waals surface area contributed by atoms with Gasteiger partial charge in [-0.15, -0.1) is 6.42 Å². The van der Waals surface area contributed by atoms with Gasteiger partial charge in [-0.05, 0) is 12.3 Å². The second-order valence-corrected chi connectivity index (χ2v) is 2.72. The monoisotopic (exact) mass is 167 g/mol. The van der Waals surface area contributed by atoms with Crippen LogP contribution in [0.25, 0.3) is 0 Å². The molecular weight excluding hydrogens is 158 g/mol. The standard InChI is InChI=1S/C8H9NO3/c1-2-7(10)9-4-3-6(5-9)8(11)12/h1,6H,3-5H2,(H,11,12). The third-order valence-corrected chi connectivity index (χ3v) is 1.95. The predicted molar refractivity (Wildman–Crippen MR) is 41.2 cm³/mol. The highest BCUT2D eigenvalue weighted by molar-refractivity contribution is 5.93. The number of hydrogen-bond donors (Lipinski definition) is 1. The Balaban J connectivity index is 2.52. The lowest BCUT2D eigenvalue weighted by Crippen LogP contribution is -2.28. The molecule has 0 aromatic rings. The quantitative estimate of drug-likeness (QED) is 0.538. The SMILES string of the molecule is C#CC(=O)N1CCC(C(=O)O)C1. The molecule has 12 heavy (non-hydrogen) atoms. The van der Waals surface area contributed by atoms with Crippen LogP contribution in [0.15, 0.2) is 0 Å². The van der Waals surface area contributed by atoms with Gasteiger partial charge in [0.15, 0.2) is 0 Å². The van der Waals surface area contributed by atoms with Crippen molar-refractivity contribution in [1.82, 2.24) is 4.90 Å². The minimum absolute atomic E-state index is 0.248. The average Bonchev–Trinajstić information content (AvgIpc) is 2.51. The summed E-state index contributed by atoms with van der Waals surface area (Å²) >= 11 is 0. The number of nitrogens with zero attached hydrogens (tertiary/aromatic N) is 1. The molecular formula is C8H9NO3. The largest absolute Gasteiger partial charge is 0.481 e. The highest BCUT2D eigenvalue weighted by atomic mass is 16.4. The number of carboxylic acids is 1. The minimum Gasteiger partial charge on any atom is -0.481 e. The Morgan fingerprint density at radius 2 is 2.25 bits per heavy atom. The fourth-order valence-corrected chi connectivity index (χ4v) is 1.24. The number of amides is 1. The molecule has 0 bridgehead atoms. The van der Waals surface area contributed by atoms with Gasteiger partial charge in [-0.25, -0.2) is 0 Å². The molecule has 0 saturated carbocycles. The normalized spacial score (nSPS) is 21.9. The summed E-state index contributed by atoms with van der Waals surface area (Å²) in [7, 11) is 0. The van der Waals surface area contributed by atoms with Crippen molar-refractivity contribution in [2.24, 2.45) is 5.92 Å². The summed E-state index contributed by atoms with van der Waals surface area (Å²) in [5.74, 6) is 0.241. The molecule has 4 nitrogen and oxygen atoms in total. The van der Waals surface area contributed by atoms with Gasteiger partial charge in [-0.3, -0.25) is 9.59 Å². The van der Waals surface area contributed by atoms with Gasteiger partial charge in [0.05, 0.1) is 5.92 Å². The van der Waals surface area contributed by atoms with E-state index in [2.05, 4.69) is 0 Å². The maximum absolute atomic E-state index is 10.9. The summed E-state index contributed by atoms with van der Waals surface area (Å²) in [6, 6.07) is 0. The molecule has 1 saturated heterocycles. The molecule has 0 aromatic carbocycles. The van der Waals surface area contributed by atoms with Gasteiger partial charge in [-0.1, -0.05) is 0 Å². The van der Waals surface area contributed by atoms with Crippen LogP contribution in [0.1, 0.15) is 6.42 Å². The molecule has 0 radical (unpaired) electrons. The summed E-state index contributed by atoms with van der Waals surface area (Å²) in [4.78, 5) is 22.7. The Bertz CT molecular complexity index is 254. The van der Waals surface area contributed by atoms with E-state index in [9.17, 15) is 9.59 Å². The predicted octanol–water partition coefficient (Wildman–Crippen LogP) is -0.447. The van der Waals surface area contributed by atoms with Gasteiger partial charge in [-0.2, -0.15) is 0 Å². The second-order valence-electron chi connectivity index (χ2n) is 2.72. The van der Waals surface area contributed by atoms with Gasteiger partial charge >= 0.3 is 5.97 Å². The maximum atomic E-state index is 10.9. The van der Waals surface area contributed by atoms with E-state index in [1.807, 2.05) is 5.92 Å². The molecule has 1 heterocycles. The van der Waals surface area contributed by atoms with Crippen LogP contribution in [0.3, 0.4) is 0 Å². The summed E-state index contributed by atoms with van der Waals surface area (Å²) < 4.78 is 0. The molecule has 1 aliphatic heterocycles. The van der Waals surface area contributed by atoms with Crippen LogP contribution in [0, 0.1) is 18.3 Å². The molecule has 64 valence electrons. The zero-order valence-electron chi connectivity index (χ0n) is 6.49. The van der Waals surface area contributed by atoms with E-state index >= 15 is 0 Å². The van der Waals surface area contributed by atoms with Crippen LogP contribution in [-0.4, -0.2) is 35.0 Å².